The molecule has 0 aliphatic rings. The Labute approximate surface area is 206 Å². The van der Waals surface area contributed by atoms with Crippen LogP contribution >= 0.6 is 22.6 Å². The summed E-state index contributed by atoms with van der Waals surface area (Å²) in [6.07, 6.45) is 0.779. The summed E-state index contributed by atoms with van der Waals surface area (Å²) >= 11 is 1.88. The molecule has 4 N–H and O–H groups in total. The van der Waals surface area contributed by atoms with Crippen molar-refractivity contribution in [2.24, 2.45) is 5.16 Å². The predicted molar refractivity (Wildman–Crippen MR) is 126 cm³/mol. The number of rotatable bonds is 11. The third-order valence-electron chi connectivity index (χ3n) is 3.94. The second kappa shape index (κ2) is 13.1. The highest BCUT2D eigenvalue weighted by atomic mass is 127. The highest BCUT2D eigenvalue weighted by Gasteiger charge is 2.23. The first-order valence-corrected chi connectivity index (χ1v) is 10.9. The molecule has 0 heterocycles. The van der Waals surface area contributed by atoms with Gasteiger partial charge in [0.2, 0.25) is 0 Å². The van der Waals surface area contributed by atoms with E-state index in [9.17, 15) is 22.8 Å². The summed E-state index contributed by atoms with van der Waals surface area (Å²) in [6, 6.07) is 4.79. The van der Waals surface area contributed by atoms with Crippen LogP contribution in [0.2, 0.25) is 0 Å². The topological polar surface area (TPSA) is 121 Å². The Morgan fingerprint density at radius 1 is 1.21 bits per heavy atom. The van der Waals surface area contributed by atoms with Crippen molar-refractivity contribution >= 4 is 52.0 Å². The Balaban J connectivity index is 2.37. The lowest BCUT2D eigenvalue weighted by atomic mass is 10.1. The van der Waals surface area contributed by atoms with E-state index >= 15 is 0 Å². The zero-order valence-corrected chi connectivity index (χ0v) is 20.3. The minimum atomic E-state index is -1.49. The maximum Gasteiger partial charge on any atom is 0.277 e. The van der Waals surface area contributed by atoms with E-state index in [4.69, 9.17) is 14.8 Å². The average molecular weight is 594 g/mol. The number of benzene rings is 2. The molecule has 2 aromatic carbocycles. The Kier molecular flexibility index (Phi) is 10.5. The van der Waals surface area contributed by atoms with E-state index in [1.165, 1.54) is 12.1 Å². The standard InChI is InChI=1S/C21H22F3IN4O5/c1-11(2)27-17(31)10-34-26-9-12-7-14(21(32)29-33-6-5-30)20(19(24)18(12)23)28-16-4-3-13(25)8-15(16)22/h3-4,7-9,11,28,30H,5-6,10H2,1-2H3,(H,27,31)(H,29,32)/b26-9+. The number of amides is 2. The van der Waals surface area contributed by atoms with Crippen molar-refractivity contribution in [1.29, 1.82) is 0 Å². The smallest absolute Gasteiger partial charge is 0.277 e. The normalized spacial score (nSPS) is 11.1. The highest BCUT2D eigenvalue weighted by molar-refractivity contribution is 14.1. The van der Waals surface area contributed by atoms with Crippen LogP contribution in [0.25, 0.3) is 0 Å². The van der Waals surface area contributed by atoms with Crippen molar-refractivity contribution in [2.75, 3.05) is 25.1 Å². The molecule has 0 saturated heterocycles. The fourth-order valence-corrected chi connectivity index (χ4v) is 2.99. The van der Waals surface area contributed by atoms with Gasteiger partial charge in [0.15, 0.2) is 18.2 Å². The van der Waals surface area contributed by atoms with Gasteiger partial charge >= 0.3 is 0 Å². The van der Waals surface area contributed by atoms with Crippen molar-refractivity contribution in [3.8, 4) is 0 Å². The van der Waals surface area contributed by atoms with Crippen LogP contribution in [0.5, 0.6) is 0 Å². The van der Waals surface area contributed by atoms with Crippen molar-refractivity contribution in [3.05, 3.63) is 56.4 Å². The third kappa shape index (κ3) is 7.85. The number of aliphatic hydroxyl groups excluding tert-OH is 1. The van der Waals surface area contributed by atoms with Gasteiger partial charge in [-0.1, -0.05) is 5.16 Å². The molecular weight excluding hydrogens is 572 g/mol. The van der Waals surface area contributed by atoms with E-state index < -0.39 is 59.3 Å². The number of anilines is 2. The van der Waals surface area contributed by atoms with Crippen LogP contribution in [0.15, 0.2) is 29.4 Å². The average Bonchev–Trinajstić information content (AvgIpc) is 2.76. The zero-order valence-electron chi connectivity index (χ0n) is 18.1. The lowest BCUT2D eigenvalue weighted by molar-refractivity contribution is -0.126. The van der Waals surface area contributed by atoms with Crippen LogP contribution in [0, 0.1) is 21.0 Å². The largest absolute Gasteiger partial charge is 0.394 e. The van der Waals surface area contributed by atoms with Gasteiger partial charge < -0.3 is 20.6 Å². The number of nitrogens with one attached hydrogen (secondary N) is 3. The monoisotopic (exact) mass is 594 g/mol. The lowest BCUT2D eigenvalue weighted by Gasteiger charge is -2.15. The van der Waals surface area contributed by atoms with E-state index in [0.29, 0.717) is 3.57 Å². The molecule has 0 atom stereocenters. The van der Waals surface area contributed by atoms with Gasteiger partial charge in [0.1, 0.15) is 5.82 Å². The van der Waals surface area contributed by atoms with Gasteiger partial charge in [-0.15, -0.1) is 0 Å². The van der Waals surface area contributed by atoms with E-state index in [1.54, 1.807) is 13.8 Å². The maximum atomic E-state index is 15.0. The van der Waals surface area contributed by atoms with Gasteiger partial charge in [-0.2, -0.15) is 0 Å². The molecule has 0 bridgehead atoms. The van der Waals surface area contributed by atoms with Gasteiger partial charge in [-0.3, -0.25) is 14.4 Å². The number of nitrogens with zero attached hydrogens (tertiary/aromatic N) is 1. The minimum Gasteiger partial charge on any atom is -0.394 e. The SMILES string of the molecule is CC(C)NC(=O)CO/N=C/c1cc(C(=O)NOCCO)c(Nc2ccc(I)cc2F)c(F)c1F. The predicted octanol–water partition coefficient (Wildman–Crippen LogP) is 2.98. The lowest BCUT2D eigenvalue weighted by Crippen LogP contribution is -2.32. The summed E-state index contributed by atoms with van der Waals surface area (Å²) in [5, 5.41) is 17.2. The molecule has 2 aromatic rings. The summed E-state index contributed by atoms with van der Waals surface area (Å²) in [7, 11) is 0. The minimum absolute atomic E-state index is 0.126. The maximum absolute atomic E-state index is 15.0. The second-order valence-corrected chi connectivity index (χ2v) is 8.24. The first-order valence-electron chi connectivity index (χ1n) is 9.85. The van der Waals surface area contributed by atoms with Gasteiger partial charge in [0.25, 0.3) is 11.8 Å². The summed E-state index contributed by atoms with van der Waals surface area (Å²) in [4.78, 5) is 33.6. The molecule has 0 unspecified atom stereocenters. The molecule has 184 valence electrons. The molecule has 0 spiro atoms. The zero-order chi connectivity index (χ0) is 25.3. The number of halogens is 4. The van der Waals surface area contributed by atoms with E-state index in [-0.39, 0.29) is 18.3 Å². The molecule has 0 aliphatic carbocycles. The van der Waals surface area contributed by atoms with Crippen molar-refractivity contribution in [3.63, 3.8) is 0 Å². The molecular formula is C21H22F3IN4O5. The summed E-state index contributed by atoms with van der Waals surface area (Å²) in [6.45, 7) is 2.36. The molecule has 0 saturated carbocycles. The Morgan fingerprint density at radius 2 is 1.94 bits per heavy atom. The molecule has 0 radical (unpaired) electrons. The van der Waals surface area contributed by atoms with Gasteiger partial charge in [0.05, 0.1) is 36.4 Å². The first-order chi connectivity index (χ1) is 16.1. The molecule has 34 heavy (non-hydrogen) atoms. The number of carbonyl (C=O) groups is 2. The van der Waals surface area contributed by atoms with Crippen molar-refractivity contribution in [2.45, 2.75) is 19.9 Å². The van der Waals surface area contributed by atoms with E-state index in [0.717, 1.165) is 18.3 Å². The number of carbonyl (C=O) groups excluding carboxylic acids is 2. The molecule has 9 nitrogen and oxygen atoms in total. The van der Waals surface area contributed by atoms with E-state index in [1.807, 2.05) is 28.1 Å². The molecule has 2 amide bonds. The quantitative estimate of drug-likeness (QED) is 0.138. The van der Waals surface area contributed by atoms with Crippen LogP contribution < -0.4 is 16.1 Å². The fraction of sp³-hybridized carbons (Fsp3) is 0.286. The van der Waals surface area contributed by atoms with Crippen molar-refractivity contribution < 1.29 is 37.5 Å². The first kappa shape index (κ1) is 27.3. The van der Waals surface area contributed by atoms with Crippen LogP contribution in [0.4, 0.5) is 24.5 Å². The summed E-state index contributed by atoms with van der Waals surface area (Å²) in [5.41, 5.74) is 0.179. The Bertz CT molecular complexity index is 1070. The van der Waals surface area contributed by atoms with E-state index in [2.05, 4.69) is 15.8 Å². The molecule has 0 aromatic heterocycles. The number of hydrogen-bond acceptors (Lipinski definition) is 7. The van der Waals surface area contributed by atoms with Crippen LogP contribution in [0.1, 0.15) is 29.8 Å². The molecule has 13 heteroatoms. The third-order valence-corrected chi connectivity index (χ3v) is 4.61. The Hall–Kier alpha value is -2.91. The number of oxime groups is 1. The van der Waals surface area contributed by atoms with Crippen LogP contribution in [0.3, 0.4) is 0 Å². The summed E-state index contributed by atoms with van der Waals surface area (Å²) in [5.74, 6) is -5.13. The second-order valence-electron chi connectivity index (χ2n) is 7.00. The van der Waals surface area contributed by atoms with Crippen molar-refractivity contribution in [1.82, 2.24) is 10.8 Å². The van der Waals surface area contributed by atoms with Gasteiger partial charge in [-0.05, 0) is 60.7 Å². The van der Waals surface area contributed by atoms with Crippen LogP contribution in [-0.2, 0) is 14.5 Å². The molecule has 0 fully saturated rings. The number of aliphatic hydroxyl groups is 1. The van der Waals surface area contributed by atoms with Gasteiger partial charge in [-0.25, -0.2) is 18.7 Å². The number of hydroxylamine groups is 1. The molecule has 0 aliphatic heterocycles. The van der Waals surface area contributed by atoms with Gasteiger partial charge in [0, 0.05) is 15.2 Å². The Morgan fingerprint density at radius 3 is 2.59 bits per heavy atom. The number of hydrogen-bond donors (Lipinski definition) is 4. The summed E-state index contributed by atoms with van der Waals surface area (Å²) < 4.78 is 44.5. The molecule has 2 rings (SSSR count). The van der Waals surface area contributed by atoms with Crippen LogP contribution in [-0.4, -0.2) is 49.0 Å². The fourth-order valence-electron chi connectivity index (χ4n) is 2.54. The highest BCUT2D eigenvalue weighted by Crippen LogP contribution is 2.30.